The number of hydrogen-bond acceptors (Lipinski definition) is 4. The molecule has 5 aromatic rings. The minimum Gasteiger partial charge on any atom is -0.355 e. The fraction of sp³-hybridized carbons (Fsp3) is 0.276. The lowest BCUT2D eigenvalue weighted by molar-refractivity contribution is -0.170. The summed E-state index contributed by atoms with van der Waals surface area (Å²) in [6.07, 6.45) is 5.86. The van der Waals surface area contributed by atoms with E-state index >= 15 is 0 Å². The summed E-state index contributed by atoms with van der Waals surface area (Å²) >= 11 is 0. The number of aryl methyl sites for hydroxylation is 2. The molecule has 1 saturated heterocycles. The van der Waals surface area contributed by atoms with Crippen LogP contribution < -0.4 is 4.90 Å². The Hall–Kier alpha value is -3.87. The van der Waals surface area contributed by atoms with Crippen LogP contribution in [-0.4, -0.2) is 38.4 Å². The van der Waals surface area contributed by atoms with Gasteiger partial charge in [0, 0.05) is 65.9 Å². The molecular formula is C29H25F2N5. The number of nitrogens with zero attached hydrogens (tertiary/aromatic N) is 5. The maximum Gasteiger partial charge on any atom is 0.249 e. The summed E-state index contributed by atoms with van der Waals surface area (Å²) in [6.45, 7) is 5.39. The first-order valence-electron chi connectivity index (χ1n) is 12.2. The molecule has 1 aliphatic carbocycles. The molecule has 7 heteroatoms. The second kappa shape index (κ2) is 7.32. The molecule has 1 spiro atoms. The molecule has 180 valence electrons. The minimum absolute atomic E-state index is 0.00873. The predicted octanol–water partition coefficient (Wildman–Crippen LogP) is 6.46. The van der Waals surface area contributed by atoms with Gasteiger partial charge in [0.2, 0.25) is 5.92 Å². The molecule has 2 fully saturated rings. The van der Waals surface area contributed by atoms with Gasteiger partial charge < -0.3 is 4.90 Å². The minimum atomic E-state index is -2.48. The number of pyridine rings is 3. The Kier molecular flexibility index (Phi) is 4.36. The predicted molar refractivity (Wildman–Crippen MR) is 137 cm³/mol. The molecule has 5 heterocycles. The van der Waals surface area contributed by atoms with Crippen molar-refractivity contribution < 1.29 is 8.78 Å². The highest BCUT2D eigenvalue weighted by Crippen LogP contribution is 2.57. The van der Waals surface area contributed by atoms with Gasteiger partial charge in [-0.05, 0) is 55.3 Å². The molecule has 0 unspecified atom stereocenters. The van der Waals surface area contributed by atoms with Crippen molar-refractivity contribution in [3.05, 3.63) is 78.4 Å². The molecular weight excluding hydrogens is 456 g/mol. The third-order valence-electron chi connectivity index (χ3n) is 7.64. The van der Waals surface area contributed by atoms with E-state index in [2.05, 4.69) is 50.8 Å². The normalized spacial score (nSPS) is 17.9. The van der Waals surface area contributed by atoms with Crippen LogP contribution in [0.4, 0.5) is 14.6 Å². The van der Waals surface area contributed by atoms with Crippen molar-refractivity contribution in [1.29, 1.82) is 0 Å². The lowest BCUT2D eigenvalue weighted by Gasteiger charge is -2.59. The lowest BCUT2D eigenvalue weighted by atomic mass is 9.61. The number of hydrogen-bond donors (Lipinski definition) is 0. The maximum atomic E-state index is 13.4. The Labute approximate surface area is 207 Å². The molecule has 0 radical (unpaired) electrons. The van der Waals surface area contributed by atoms with Gasteiger partial charge in [-0.3, -0.25) is 9.38 Å². The van der Waals surface area contributed by atoms with E-state index in [-0.39, 0.29) is 18.3 Å². The fourth-order valence-corrected chi connectivity index (χ4v) is 6.12. The maximum absolute atomic E-state index is 13.4. The summed E-state index contributed by atoms with van der Waals surface area (Å²) in [5.41, 5.74) is 7.83. The van der Waals surface area contributed by atoms with E-state index in [1.807, 2.05) is 44.4 Å². The molecule has 1 saturated carbocycles. The summed E-state index contributed by atoms with van der Waals surface area (Å²) < 4.78 is 28.8. The third kappa shape index (κ3) is 3.29. The van der Waals surface area contributed by atoms with Crippen molar-refractivity contribution in [2.45, 2.75) is 32.6 Å². The first-order valence-corrected chi connectivity index (χ1v) is 12.2. The van der Waals surface area contributed by atoms with Crippen LogP contribution in [0.2, 0.25) is 0 Å². The Bertz CT molecular complexity index is 1660. The van der Waals surface area contributed by atoms with E-state index in [0.29, 0.717) is 13.1 Å². The zero-order valence-corrected chi connectivity index (χ0v) is 20.2. The van der Waals surface area contributed by atoms with Crippen molar-refractivity contribution >= 4 is 22.4 Å². The third-order valence-corrected chi connectivity index (χ3v) is 7.64. The number of halogens is 2. The van der Waals surface area contributed by atoms with E-state index in [1.165, 1.54) is 0 Å². The molecule has 7 rings (SSSR count). The molecule has 0 amide bonds. The standard InChI is InChI=1S/C29H25F2N5/c1-18-9-21(12-33-27(18)35-16-28(17-35)14-29(30,31)15-28)20-7-8-36-25(13-32-26(36)11-20)23-10-19(2)34-24-6-4-3-5-22(23)24/h3-13H,14-17H2,1-2H3. The average Bonchev–Trinajstić information content (AvgIpc) is 3.23. The van der Waals surface area contributed by atoms with Crippen LogP contribution in [-0.2, 0) is 0 Å². The number of benzene rings is 1. The monoisotopic (exact) mass is 481 g/mol. The van der Waals surface area contributed by atoms with Crippen LogP contribution in [0.5, 0.6) is 0 Å². The highest BCUT2D eigenvalue weighted by Gasteiger charge is 2.62. The highest BCUT2D eigenvalue weighted by molar-refractivity contribution is 5.94. The number of imidazole rings is 1. The van der Waals surface area contributed by atoms with E-state index in [4.69, 9.17) is 9.97 Å². The first-order chi connectivity index (χ1) is 17.3. The number of para-hydroxylation sites is 1. The van der Waals surface area contributed by atoms with Gasteiger partial charge in [-0.1, -0.05) is 18.2 Å². The van der Waals surface area contributed by atoms with Gasteiger partial charge in [0.25, 0.3) is 0 Å². The highest BCUT2D eigenvalue weighted by atomic mass is 19.3. The molecule has 0 atom stereocenters. The number of fused-ring (bicyclic) bond motifs is 2. The van der Waals surface area contributed by atoms with E-state index in [9.17, 15) is 8.78 Å². The van der Waals surface area contributed by atoms with Crippen LogP contribution in [0.3, 0.4) is 0 Å². The van der Waals surface area contributed by atoms with E-state index < -0.39 is 5.92 Å². The molecule has 0 bridgehead atoms. The smallest absolute Gasteiger partial charge is 0.249 e. The Morgan fingerprint density at radius 2 is 1.69 bits per heavy atom. The fourth-order valence-electron chi connectivity index (χ4n) is 6.12. The van der Waals surface area contributed by atoms with E-state index in [0.717, 1.165) is 56.0 Å². The summed E-state index contributed by atoms with van der Waals surface area (Å²) in [5.74, 6) is -1.59. The van der Waals surface area contributed by atoms with Gasteiger partial charge in [-0.25, -0.2) is 18.7 Å². The Balaban J connectivity index is 1.19. The molecule has 1 aliphatic heterocycles. The molecule has 0 N–H and O–H groups in total. The van der Waals surface area contributed by atoms with Crippen LogP contribution in [0.1, 0.15) is 24.1 Å². The average molecular weight is 482 g/mol. The summed E-state index contributed by atoms with van der Waals surface area (Å²) in [4.78, 5) is 16.2. The first kappa shape index (κ1) is 21.4. The van der Waals surface area contributed by atoms with Gasteiger partial charge in [0.1, 0.15) is 11.5 Å². The molecule has 2 aliphatic rings. The van der Waals surface area contributed by atoms with E-state index in [1.54, 1.807) is 0 Å². The second-order valence-electron chi connectivity index (χ2n) is 10.5. The molecule has 36 heavy (non-hydrogen) atoms. The largest absolute Gasteiger partial charge is 0.355 e. The summed E-state index contributed by atoms with van der Waals surface area (Å²) in [6, 6.07) is 16.6. The van der Waals surface area contributed by atoms with Crippen molar-refractivity contribution in [2.75, 3.05) is 18.0 Å². The van der Waals surface area contributed by atoms with Crippen LogP contribution >= 0.6 is 0 Å². The van der Waals surface area contributed by atoms with Crippen molar-refractivity contribution in [2.24, 2.45) is 5.41 Å². The zero-order chi connectivity index (χ0) is 24.7. The zero-order valence-electron chi connectivity index (χ0n) is 20.2. The van der Waals surface area contributed by atoms with Crippen LogP contribution in [0.25, 0.3) is 38.9 Å². The summed E-state index contributed by atoms with van der Waals surface area (Å²) in [7, 11) is 0. The molecule has 1 aromatic carbocycles. The number of aromatic nitrogens is 4. The van der Waals surface area contributed by atoms with Crippen molar-refractivity contribution in [1.82, 2.24) is 19.4 Å². The summed E-state index contributed by atoms with van der Waals surface area (Å²) in [5, 5.41) is 1.10. The van der Waals surface area contributed by atoms with Gasteiger partial charge in [0.05, 0.1) is 17.4 Å². The molecule has 4 aromatic heterocycles. The second-order valence-corrected chi connectivity index (χ2v) is 10.5. The van der Waals surface area contributed by atoms with Crippen molar-refractivity contribution in [3.63, 3.8) is 0 Å². The molecule has 5 nitrogen and oxygen atoms in total. The lowest BCUT2D eigenvalue weighted by Crippen LogP contribution is -2.66. The van der Waals surface area contributed by atoms with Gasteiger partial charge >= 0.3 is 0 Å². The van der Waals surface area contributed by atoms with Gasteiger partial charge in [0.15, 0.2) is 0 Å². The topological polar surface area (TPSA) is 46.3 Å². The number of alkyl halides is 2. The van der Waals surface area contributed by atoms with Gasteiger partial charge in [-0.2, -0.15) is 0 Å². The number of rotatable bonds is 3. The SMILES string of the molecule is Cc1cc(-c2cnc3cc(-c4cnc(N5CC6(C5)CC(F)(F)C6)c(C)c4)ccn23)c2ccccc2n1. The van der Waals surface area contributed by atoms with Crippen LogP contribution in [0, 0.1) is 19.3 Å². The van der Waals surface area contributed by atoms with Crippen molar-refractivity contribution in [3.8, 4) is 22.4 Å². The number of anilines is 1. The van der Waals surface area contributed by atoms with Gasteiger partial charge in [-0.15, -0.1) is 0 Å². The Morgan fingerprint density at radius 1 is 0.889 bits per heavy atom. The Morgan fingerprint density at radius 3 is 2.47 bits per heavy atom. The van der Waals surface area contributed by atoms with Crippen LogP contribution in [0.15, 0.2) is 67.1 Å². The quantitative estimate of drug-likeness (QED) is 0.297.